The van der Waals surface area contributed by atoms with Gasteiger partial charge in [0.2, 0.25) is 5.88 Å². The summed E-state index contributed by atoms with van der Waals surface area (Å²) in [6.07, 6.45) is -2.31. The Labute approximate surface area is 151 Å². The molecule has 0 amide bonds. The third-order valence-corrected chi connectivity index (χ3v) is 3.56. The fraction of sp³-hybridized carbons (Fsp3) is 0.250. The Morgan fingerprint density at radius 1 is 1.38 bits per heavy atom. The van der Waals surface area contributed by atoms with E-state index < -0.39 is 17.7 Å². The van der Waals surface area contributed by atoms with E-state index in [2.05, 4.69) is 5.10 Å². The first-order valence-corrected chi connectivity index (χ1v) is 7.54. The smallest absolute Gasteiger partial charge is 0.416 e. The molecule has 0 fully saturated rings. The topological polar surface area (TPSA) is 73.6 Å². The third kappa shape index (κ3) is 5.24. The summed E-state index contributed by atoms with van der Waals surface area (Å²) in [7, 11) is 1.42. The molecule has 0 saturated carbocycles. The van der Waals surface area contributed by atoms with Crippen molar-refractivity contribution in [2.24, 2.45) is 0 Å². The van der Waals surface area contributed by atoms with Gasteiger partial charge in [-0.1, -0.05) is 17.7 Å². The molecule has 2 aromatic rings. The van der Waals surface area contributed by atoms with E-state index in [0.717, 1.165) is 18.2 Å². The summed E-state index contributed by atoms with van der Waals surface area (Å²) in [5.41, 5.74) is -0.109. The number of hydrogen-bond donors (Lipinski definition) is 1. The number of alkyl halides is 3. The molecule has 1 N–H and O–H groups in total. The molecule has 1 aromatic carbocycles. The molecule has 140 valence electrons. The van der Waals surface area contributed by atoms with Gasteiger partial charge >= 0.3 is 12.1 Å². The maximum absolute atomic E-state index is 12.7. The summed E-state index contributed by atoms with van der Waals surface area (Å²) in [5, 5.41) is 12.8. The average Bonchev–Trinajstić information content (AvgIpc) is 2.93. The maximum atomic E-state index is 12.7. The van der Waals surface area contributed by atoms with Crippen molar-refractivity contribution >= 4 is 23.6 Å². The molecule has 0 unspecified atom stereocenters. The summed E-state index contributed by atoms with van der Waals surface area (Å²) in [6, 6.07) is 4.46. The van der Waals surface area contributed by atoms with Crippen LogP contribution in [-0.4, -0.2) is 34.8 Å². The molecule has 0 saturated heterocycles. The number of halogens is 4. The largest absolute Gasteiger partial charge is 0.478 e. The molecular weight excluding hydrogens is 377 g/mol. The molecule has 0 atom stereocenters. The summed E-state index contributed by atoms with van der Waals surface area (Å²) in [5.74, 6) is -0.996. The second kappa shape index (κ2) is 8.24. The van der Waals surface area contributed by atoms with Crippen molar-refractivity contribution in [1.29, 1.82) is 0 Å². The van der Waals surface area contributed by atoms with E-state index in [1.54, 1.807) is 0 Å². The molecule has 2 rings (SSSR count). The van der Waals surface area contributed by atoms with Crippen molar-refractivity contribution in [2.75, 3.05) is 13.9 Å². The highest BCUT2D eigenvalue weighted by atomic mass is 35.5. The molecule has 6 nitrogen and oxygen atoms in total. The van der Waals surface area contributed by atoms with Gasteiger partial charge in [0.05, 0.1) is 17.8 Å². The number of carbonyl (C=O) groups is 1. The molecule has 1 aromatic heterocycles. The van der Waals surface area contributed by atoms with Crippen LogP contribution < -0.4 is 4.74 Å². The van der Waals surface area contributed by atoms with Crippen LogP contribution in [0.4, 0.5) is 13.2 Å². The first kappa shape index (κ1) is 19.8. The summed E-state index contributed by atoms with van der Waals surface area (Å²) >= 11 is 5.95. The Hall–Kier alpha value is -2.52. The van der Waals surface area contributed by atoms with Crippen LogP contribution in [0.1, 0.15) is 16.8 Å². The van der Waals surface area contributed by atoms with Crippen molar-refractivity contribution < 1.29 is 32.5 Å². The number of carboxylic acids is 1. The second-order valence-electron chi connectivity index (χ2n) is 5.09. The lowest BCUT2D eigenvalue weighted by atomic mass is 10.1. The number of rotatable bonds is 7. The van der Waals surface area contributed by atoms with Crippen LogP contribution in [0.5, 0.6) is 5.88 Å². The Kier molecular flexibility index (Phi) is 6.27. The minimum absolute atomic E-state index is 0.0204. The van der Waals surface area contributed by atoms with Gasteiger partial charge in [0, 0.05) is 24.3 Å². The van der Waals surface area contributed by atoms with Gasteiger partial charge in [-0.3, -0.25) is 4.68 Å². The van der Waals surface area contributed by atoms with Gasteiger partial charge in [-0.15, -0.1) is 5.10 Å². The second-order valence-corrected chi connectivity index (χ2v) is 5.50. The number of aliphatic carboxylic acids is 1. The van der Waals surface area contributed by atoms with Crippen LogP contribution in [0, 0.1) is 0 Å². The fourth-order valence-corrected chi connectivity index (χ4v) is 2.27. The lowest BCUT2D eigenvalue weighted by Crippen LogP contribution is -2.08. The Bertz CT molecular complexity index is 818. The molecule has 0 radical (unpaired) electrons. The van der Waals surface area contributed by atoms with Crippen LogP contribution in [0.15, 0.2) is 30.3 Å². The number of hydrogen-bond acceptors (Lipinski definition) is 4. The number of aromatic nitrogens is 2. The number of benzene rings is 1. The highest BCUT2D eigenvalue weighted by Crippen LogP contribution is 2.32. The standard InChI is InChI=1S/C16H14ClF3N2O4/c1-25-9-26-14-7-12(4-5-15(23)24)22(21-14)8-10-2-3-11(6-13(10)17)16(18,19)20/h2-7H,8-9H2,1H3,(H,23,24)/b5-4+. The van der Waals surface area contributed by atoms with Crippen LogP contribution in [0.3, 0.4) is 0 Å². The van der Waals surface area contributed by atoms with E-state index in [9.17, 15) is 18.0 Å². The van der Waals surface area contributed by atoms with E-state index in [4.69, 9.17) is 26.2 Å². The molecule has 0 aliphatic rings. The summed E-state index contributed by atoms with van der Waals surface area (Å²) < 4.78 is 49.5. The van der Waals surface area contributed by atoms with Crippen LogP contribution in [0.2, 0.25) is 5.02 Å². The van der Waals surface area contributed by atoms with E-state index >= 15 is 0 Å². The van der Waals surface area contributed by atoms with Crippen LogP contribution in [-0.2, 0) is 22.3 Å². The zero-order chi connectivity index (χ0) is 19.3. The zero-order valence-corrected chi connectivity index (χ0v) is 14.2. The molecule has 1 heterocycles. The monoisotopic (exact) mass is 390 g/mol. The number of methoxy groups -OCH3 is 1. The van der Waals surface area contributed by atoms with Crippen molar-refractivity contribution in [3.63, 3.8) is 0 Å². The van der Waals surface area contributed by atoms with Crippen molar-refractivity contribution in [1.82, 2.24) is 9.78 Å². The van der Waals surface area contributed by atoms with Gasteiger partial charge in [0.1, 0.15) is 0 Å². The summed E-state index contributed by atoms with van der Waals surface area (Å²) in [4.78, 5) is 10.7. The zero-order valence-electron chi connectivity index (χ0n) is 13.5. The minimum atomic E-state index is -4.50. The normalized spacial score (nSPS) is 11.9. The Morgan fingerprint density at radius 2 is 2.12 bits per heavy atom. The van der Waals surface area contributed by atoms with E-state index in [0.29, 0.717) is 11.3 Å². The molecule has 10 heteroatoms. The number of carboxylic acid groups (broad SMARTS) is 1. The van der Waals surface area contributed by atoms with Gasteiger partial charge in [-0.2, -0.15) is 13.2 Å². The van der Waals surface area contributed by atoms with E-state index in [1.807, 2.05) is 0 Å². The predicted octanol–water partition coefficient (Wildman–Crippen LogP) is 3.68. The lowest BCUT2D eigenvalue weighted by molar-refractivity contribution is -0.137. The average molecular weight is 391 g/mol. The maximum Gasteiger partial charge on any atom is 0.416 e. The van der Waals surface area contributed by atoms with E-state index in [-0.39, 0.29) is 24.2 Å². The highest BCUT2D eigenvalue weighted by molar-refractivity contribution is 6.31. The van der Waals surface area contributed by atoms with Gasteiger partial charge in [-0.25, -0.2) is 4.79 Å². The fourth-order valence-electron chi connectivity index (χ4n) is 2.03. The third-order valence-electron chi connectivity index (χ3n) is 3.21. The first-order chi connectivity index (χ1) is 12.2. The van der Waals surface area contributed by atoms with Crippen molar-refractivity contribution in [3.05, 3.63) is 52.2 Å². The molecule has 0 bridgehead atoms. The van der Waals surface area contributed by atoms with Crippen LogP contribution in [0.25, 0.3) is 6.08 Å². The van der Waals surface area contributed by atoms with Gasteiger partial charge < -0.3 is 14.6 Å². The van der Waals surface area contributed by atoms with Crippen molar-refractivity contribution in [2.45, 2.75) is 12.7 Å². The minimum Gasteiger partial charge on any atom is -0.478 e. The Balaban J connectivity index is 2.32. The Morgan fingerprint density at radius 3 is 2.69 bits per heavy atom. The molecule has 0 aliphatic carbocycles. The van der Waals surface area contributed by atoms with Gasteiger partial charge in [0.15, 0.2) is 6.79 Å². The SMILES string of the molecule is COCOc1cc(/C=C/C(=O)O)n(Cc2ccc(C(F)(F)F)cc2Cl)n1. The summed E-state index contributed by atoms with van der Waals surface area (Å²) in [6.45, 7) is -0.0489. The highest BCUT2D eigenvalue weighted by Gasteiger charge is 2.30. The number of ether oxygens (including phenoxy) is 2. The lowest BCUT2D eigenvalue weighted by Gasteiger charge is -2.11. The van der Waals surface area contributed by atoms with Gasteiger partial charge in [0.25, 0.3) is 0 Å². The molecule has 0 aliphatic heterocycles. The predicted molar refractivity (Wildman–Crippen MR) is 87.0 cm³/mol. The quantitative estimate of drug-likeness (QED) is 0.576. The van der Waals surface area contributed by atoms with E-state index in [1.165, 1.54) is 30.0 Å². The molecular formula is C16H14ClF3N2O4. The van der Waals surface area contributed by atoms with Gasteiger partial charge in [-0.05, 0) is 23.8 Å². The molecule has 26 heavy (non-hydrogen) atoms. The van der Waals surface area contributed by atoms with Crippen molar-refractivity contribution in [3.8, 4) is 5.88 Å². The van der Waals surface area contributed by atoms with Crippen LogP contribution >= 0.6 is 11.6 Å². The molecule has 0 spiro atoms. The first-order valence-electron chi connectivity index (χ1n) is 7.17. The number of nitrogens with zero attached hydrogens (tertiary/aromatic N) is 2.